The van der Waals surface area contributed by atoms with E-state index in [0.717, 1.165) is 42.7 Å². The number of rotatable bonds is 3. The SMILES string of the molecule is CN1CCN(Cc2c(O)ccc3c(-c4ccc(F)cc4)noc23)CC1. The summed E-state index contributed by atoms with van der Waals surface area (Å²) >= 11 is 0. The molecule has 0 unspecified atom stereocenters. The van der Waals surface area contributed by atoms with Crippen molar-refractivity contribution in [3.8, 4) is 17.0 Å². The first-order chi connectivity index (χ1) is 12.1. The lowest BCUT2D eigenvalue weighted by molar-refractivity contribution is 0.147. The summed E-state index contributed by atoms with van der Waals surface area (Å²) in [6.45, 7) is 4.54. The zero-order valence-corrected chi connectivity index (χ0v) is 14.1. The molecule has 1 aliphatic rings. The van der Waals surface area contributed by atoms with Crippen molar-refractivity contribution in [1.29, 1.82) is 0 Å². The molecule has 130 valence electrons. The minimum absolute atomic E-state index is 0.216. The van der Waals surface area contributed by atoms with E-state index >= 15 is 0 Å². The fraction of sp³-hybridized carbons (Fsp3) is 0.316. The summed E-state index contributed by atoms with van der Waals surface area (Å²) in [6.07, 6.45) is 0. The van der Waals surface area contributed by atoms with E-state index < -0.39 is 0 Å². The average molecular weight is 341 g/mol. The molecule has 1 aliphatic heterocycles. The first-order valence-electron chi connectivity index (χ1n) is 8.39. The quantitative estimate of drug-likeness (QED) is 0.793. The van der Waals surface area contributed by atoms with Gasteiger partial charge in [0.05, 0.1) is 10.9 Å². The third kappa shape index (κ3) is 3.10. The van der Waals surface area contributed by atoms with Gasteiger partial charge in [0.25, 0.3) is 0 Å². The van der Waals surface area contributed by atoms with Crippen LogP contribution >= 0.6 is 0 Å². The molecule has 0 saturated carbocycles. The maximum absolute atomic E-state index is 13.2. The van der Waals surface area contributed by atoms with Gasteiger partial charge in [0.2, 0.25) is 0 Å². The molecule has 2 aromatic carbocycles. The fourth-order valence-electron chi connectivity index (χ4n) is 3.25. The maximum atomic E-state index is 13.2. The van der Waals surface area contributed by atoms with Crippen LogP contribution in [0.15, 0.2) is 40.9 Å². The molecule has 6 heteroatoms. The average Bonchev–Trinajstić information content (AvgIpc) is 3.04. The molecule has 1 fully saturated rings. The van der Waals surface area contributed by atoms with Crippen LogP contribution < -0.4 is 0 Å². The van der Waals surface area contributed by atoms with E-state index in [1.807, 2.05) is 0 Å². The zero-order chi connectivity index (χ0) is 17.4. The van der Waals surface area contributed by atoms with Crippen LogP contribution in [0.1, 0.15) is 5.56 Å². The third-order valence-electron chi connectivity index (χ3n) is 4.81. The van der Waals surface area contributed by atoms with E-state index in [1.165, 1.54) is 12.1 Å². The number of phenolic OH excluding ortho intramolecular Hbond substituents is 1. The lowest BCUT2D eigenvalue weighted by Crippen LogP contribution is -2.43. The van der Waals surface area contributed by atoms with E-state index in [4.69, 9.17) is 4.52 Å². The third-order valence-corrected chi connectivity index (χ3v) is 4.81. The molecule has 4 rings (SSSR count). The van der Waals surface area contributed by atoms with E-state index in [-0.39, 0.29) is 11.6 Å². The molecule has 1 N–H and O–H groups in total. The van der Waals surface area contributed by atoms with Gasteiger partial charge in [0, 0.05) is 38.3 Å². The standard InChI is InChI=1S/C19H20FN3O2/c1-22-8-10-23(11-9-22)12-16-17(24)7-6-15-18(21-25-19(15)16)13-2-4-14(20)5-3-13/h2-7,24H,8-12H2,1H3. The van der Waals surface area contributed by atoms with Crippen LogP contribution in [0.5, 0.6) is 5.75 Å². The minimum atomic E-state index is -0.287. The molecule has 25 heavy (non-hydrogen) atoms. The lowest BCUT2D eigenvalue weighted by atomic mass is 10.0. The van der Waals surface area contributed by atoms with Crippen LogP contribution in [0, 0.1) is 5.82 Å². The molecular formula is C19H20FN3O2. The Bertz CT molecular complexity index is 884. The van der Waals surface area contributed by atoms with Crippen molar-refractivity contribution >= 4 is 11.0 Å². The molecule has 0 bridgehead atoms. The summed E-state index contributed by atoms with van der Waals surface area (Å²) in [6, 6.07) is 9.65. The van der Waals surface area contributed by atoms with Gasteiger partial charge in [-0.15, -0.1) is 0 Å². The molecule has 0 radical (unpaired) electrons. The van der Waals surface area contributed by atoms with Crippen molar-refractivity contribution in [3.63, 3.8) is 0 Å². The first kappa shape index (κ1) is 16.1. The van der Waals surface area contributed by atoms with Crippen molar-refractivity contribution in [2.75, 3.05) is 33.2 Å². The minimum Gasteiger partial charge on any atom is -0.507 e. The molecule has 3 aromatic rings. The number of hydrogen-bond donors (Lipinski definition) is 1. The number of nitrogens with zero attached hydrogens (tertiary/aromatic N) is 3. The number of halogens is 1. The van der Waals surface area contributed by atoms with Crippen molar-refractivity contribution in [3.05, 3.63) is 47.8 Å². The maximum Gasteiger partial charge on any atom is 0.175 e. The number of piperazine rings is 1. The number of likely N-dealkylation sites (N-methyl/N-ethyl adjacent to an activating group) is 1. The lowest BCUT2D eigenvalue weighted by Gasteiger charge is -2.32. The number of aromatic nitrogens is 1. The van der Waals surface area contributed by atoms with Crippen LogP contribution in [0.25, 0.3) is 22.2 Å². The highest BCUT2D eigenvalue weighted by atomic mass is 19.1. The molecule has 0 spiro atoms. The highest BCUT2D eigenvalue weighted by molar-refractivity contribution is 5.94. The second-order valence-electron chi connectivity index (χ2n) is 6.56. The summed E-state index contributed by atoms with van der Waals surface area (Å²) in [5.74, 6) is -0.0711. The zero-order valence-electron chi connectivity index (χ0n) is 14.1. The highest BCUT2D eigenvalue weighted by Crippen LogP contribution is 2.34. The number of aromatic hydroxyl groups is 1. The first-order valence-corrected chi connectivity index (χ1v) is 8.39. The molecule has 0 amide bonds. The second-order valence-corrected chi connectivity index (χ2v) is 6.56. The van der Waals surface area contributed by atoms with Gasteiger partial charge in [-0.1, -0.05) is 5.16 Å². The molecular weight excluding hydrogens is 321 g/mol. The van der Waals surface area contributed by atoms with Gasteiger partial charge in [-0.2, -0.15) is 0 Å². The Kier molecular flexibility index (Phi) is 4.15. The van der Waals surface area contributed by atoms with Crippen molar-refractivity contribution in [1.82, 2.24) is 15.0 Å². The van der Waals surface area contributed by atoms with E-state index in [1.54, 1.807) is 24.3 Å². The summed E-state index contributed by atoms with van der Waals surface area (Å²) < 4.78 is 18.7. The van der Waals surface area contributed by atoms with Gasteiger partial charge < -0.3 is 14.5 Å². The predicted octanol–water partition coefficient (Wildman–Crippen LogP) is 3.09. The number of fused-ring (bicyclic) bond motifs is 1. The van der Waals surface area contributed by atoms with Crippen molar-refractivity contribution < 1.29 is 14.0 Å². The van der Waals surface area contributed by atoms with Gasteiger partial charge in [0.15, 0.2) is 5.58 Å². The largest absolute Gasteiger partial charge is 0.507 e. The van der Waals surface area contributed by atoms with Crippen LogP contribution in [-0.2, 0) is 6.54 Å². The van der Waals surface area contributed by atoms with Crippen LogP contribution in [-0.4, -0.2) is 53.3 Å². The Hall–Kier alpha value is -2.44. The Morgan fingerprint density at radius 3 is 2.52 bits per heavy atom. The summed E-state index contributed by atoms with van der Waals surface area (Å²) in [5, 5.41) is 15.3. The predicted molar refractivity (Wildman–Crippen MR) is 93.8 cm³/mol. The van der Waals surface area contributed by atoms with E-state index in [9.17, 15) is 9.50 Å². The highest BCUT2D eigenvalue weighted by Gasteiger charge is 2.21. The van der Waals surface area contributed by atoms with Crippen molar-refractivity contribution in [2.24, 2.45) is 0 Å². The molecule has 1 aromatic heterocycles. The van der Waals surface area contributed by atoms with Gasteiger partial charge >= 0.3 is 0 Å². The van der Waals surface area contributed by atoms with Gasteiger partial charge in [-0.05, 0) is 43.4 Å². The van der Waals surface area contributed by atoms with Crippen LogP contribution in [0.4, 0.5) is 4.39 Å². The molecule has 5 nitrogen and oxygen atoms in total. The summed E-state index contributed by atoms with van der Waals surface area (Å²) in [5.41, 5.74) is 2.80. The van der Waals surface area contributed by atoms with Crippen LogP contribution in [0.2, 0.25) is 0 Å². The number of hydrogen-bond acceptors (Lipinski definition) is 5. The van der Waals surface area contributed by atoms with E-state index in [2.05, 4.69) is 22.0 Å². The fourth-order valence-corrected chi connectivity index (χ4v) is 3.25. The molecule has 1 saturated heterocycles. The van der Waals surface area contributed by atoms with Gasteiger partial charge in [0.1, 0.15) is 17.3 Å². The summed E-state index contributed by atoms with van der Waals surface area (Å²) in [7, 11) is 2.11. The topological polar surface area (TPSA) is 52.7 Å². The van der Waals surface area contributed by atoms with E-state index in [0.29, 0.717) is 17.8 Å². The van der Waals surface area contributed by atoms with Crippen LogP contribution in [0.3, 0.4) is 0 Å². The smallest absolute Gasteiger partial charge is 0.175 e. The van der Waals surface area contributed by atoms with Gasteiger partial charge in [-0.3, -0.25) is 4.90 Å². The van der Waals surface area contributed by atoms with Gasteiger partial charge in [-0.25, -0.2) is 4.39 Å². The van der Waals surface area contributed by atoms with Crippen molar-refractivity contribution in [2.45, 2.75) is 6.54 Å². The molecule has 0 aliphatic carbocycles. The number of phenols is 1. The summed E-state index contributed by atoms with van der Waals surface area (Å²) in [4.78, 5) is 4.59. The number of benzene rings is 2. The second kappa shape index (κ2) is 6.46. The Labute approximate surface area is 145 Å². The Morgan fingerprint density at radius 2 is 1.80 bits per heavy atom. The molecule has 2 heterocycles. The molecule has 0 atom stereocenters. The Morgan fingerprint density at radius 1 is 1.08 bits per heavy atom. The normalized spacial score (nSPS) is 16.6. The Balaban J connectivity index is 1.70. The monoisotopic (exact) mass is 341 g/mol.